The van der Waals surface area contributed by atoms with Gasteiger partial charge in [-0.15, -0.1) is 11.8 Å². The second-order valence-electron chi connectivity index (χ2n) is 6.51. The Balaban J connectivity index is 1.94. The molecule has 0 saturated heterocycles. The minimum atomic E-state index is 0.0213. The Kier molecular flexibility index (Phi) is 6.29. The molecule has 2 rings (SSSR count). The maximum absolute atomic E-state index is 12.0. The number of carbonyl (C=O) groups is 1. The first-order valence-electron chi connectivity index (χ1n) is 7.75. The van der Waals surface area contributed by atoms with E-state index in [1.807, 2.05) is 44.2 Å². The van der Waals surface area contributed by atoms with E-state index >= 15 is 0 Å². The minimum absolute atomic E-state index is 0.0213. The number of amides is 1. The zero-order valence-electron chi connectivity index (χ0n) is 14.7. The van der Waals surface area contributed by atoms with Gasteiger partial charge in [-0.3, -0.25) is 4.79 Å². The van der Waals surface area contributed by atoms with E-state index in [0.717, 1.165) is 27.1 Å². The van der Waals surface area contributed by atoms with Crippen molar-refractivity contribution < 1.29 is 4.79 Å². The van der Waals surface area contributed by atoms with E-state index in [0.29, 0.717) is 5.75 Å². The number of carbonyl (C=O) groups excluding carboxylic acids is 1. The zero-order chi connectivity index (χ0) is 17.7. The minimum Gasteiger partial charge on any atom is -0.325 e. The number of nitrogens with zero attached hydrogens (tertiary/aromatic N) is 2. The predicted octanol–water partition coefficient (Wildman–Crippen LogP) is 4.71. The van der Waals surface area contributed by atoms with Gasteiger partial charge in [-0.1, -0.05) is 20.8 Å². The van der Waals surface area contributed by atoms with E-state index in [-0.39, 0.29) is 10.7 Å². The fraction of sp³-hybridized carbons (Fsp3) is 0.389. The Hall–Kier alpha value is -1.53. The van der Waals surface area contributed by atoms with E-state index in [2.05, 4.69) is 36.1 Å². The molecule has 0 saturated carbocycles. The summed E-state index contributed by atoms with van der Waals surface area (Å²) in [5.74, 6) is 0.476. The van der Waals surface area contributed by atoms with Crippen molar-refractivity contribution in [3.05, 3.63) is 41.7 Å². The standard InChI is InChI=1S/C18H23N3OS2/c1-12-10-13(2)20-17(19-12)24-15-8-6-14(7-9-15)21-16(22)11-23-18(3,4)5/h6-10H,11H2,1-5H3,(H,21,22). The van der Waals surface area contributed by atoms with Gasteiger partial charge in [0.25, 0.3) is 0 Å². The quantitative estimate of drug-likeness (QED) is 0.781. The second-order valence-corrected chi connectivity index (χ2v) is 9.35. The molecule has 0 unspecified atom stereocenters. The molecule has 0 radical (unpaired) electrons. The molecule has 0 atom stereocenters. The van der Waals surface area contributed by atoms with Crippen LogP contribution in [0, 0.1) is 13.8 Å². The van der Waals surface area contributed by atoms with Crippen molar-refractivity contribution in [2.24, 2.45) is 0 Å². The molecule has 0 spiro atoms. The van der Waals surface area contributed by atoms with Gasteiger partial charge in [-0.25, -0.2) is 9.97 Å². The maximum atomic E-state index is 12.0. The lowest BCUT2D eigenvalue weighted by Gasteiger charge is -2.17. The smallest absolute Gasteiger partial charge is 0.234 e. The van der Waals surface area contributed by atoms with Gasteiger partial charge < -0.3 is 5.32 Å². The molecule has 0 fully saturated rings. The molecule has 2 aromatic rings. The molecule has 1 aromatic carbocycles. The van der Waals surface area contributed by atoms with Crippen LogP contribution in [0.4, 0.5) is 5.69 Å². The number of aryl methyl sites for hydroxylation is 2. The highest BCUT2D eigenvalue weighted by molar-refractivity contribution is 8.01. The number of aromatic nitrogens is 2. The third kappa shape index (κ3) is 6.53. The molecule has 4 nitrogen and oxygen atoms in total. The van der Waals surface area contributed by atoms with Gasteiger partial charge in [-0.05, 0) is 55.9 Å². The van der Waals surface area contributed by atoms with Crippen LogP contribution in [0.3, 0.4) is 0 Å². The van der Waals surface area contributed by atoms with Crippen molar-refractivity contribution in [3.8, 4) is 0 Å². The van der Waals surface area contributed by atoms with E-state index in [1.54, 1.807) is 11.8 Å². The summed E-state index contributed by atoms with van der Waals surface area (Å²) in [4.78, 5) is 21.8. The molecule has 6 heteroatoms. The molecule has 0 aliphatic heterocycles. The first kappa shape index (κ1) is 18.8. The maximum Gasteiger partial charge on any atom is 0.234 e. The molecule has 1 amide bonds. The Morgan fingerprint density at radius 3 is 2.21 bits per heavy atom. The van der Waals surface area contributed by atoms with Gasteiger partial charge in [-0.2, -0.15) is 0 Å². The van der Waals surface area contributed by atoms with Crippen LogP contribution in [0.1, 0.15) is 32.2 Å². The van der Waals surface area contributed by atoms with Crippen LogP contribution in [0.5, 0.6) is 0 Å². The van der Waals surface area contributed by atoms with Gasteiger partial charge in [0.15, 0.2) is 5.16 Å². The Morgan fingerprint density at radius 2 is 1.67 bits per heavy atom. The van der Waals surface area contributed by atoms with Crippen molar-refractivity contribution in [1.29, 1.82) is 0 Å². The Morgan fingerprint density at radius 1 is 1.08 bits per heavy atom. The van der Waals surface area contributed by atoms with Gasteiger partial charge >= 0.3 is 0 Å². The first-order valence-corrected chi connectivity index (χ1v) is 9.55. The summed E-state index contributed by atoms with van der Waals surface area (Å²) < 4.78 is 0.0871. The first-order chi connectivity index (χ1) is 11.2. The number of rotatable bonds is 5. The highest BCUT2D eigenvalue weighted by Gasteiger charge is 2.13. The summed E-state index contributed by atoms with van der Waals surface area (Å²) in [6.07, 6.45) is 0. The fourth-order valence-electron chi connectivity index (χ4n) is 1.93. The number of benzene rings is 1. The van der Waals surface area contributed by atoms with Gasteiger partial charge in [0.1, 0.15) is 0 Å². The highest BCUT2D eigenvalue weighted by Crippen LogP contribution is 2.27. The van der Waals surface area contributed by atoms with Crippen LogP contribution < -0.4 is 5.32 Å². The summed E-state index contributed by atoms with van der Waals surface area (Å²) in [6, 6.07) is 9.71. The van der Waals surface area contributed by atoms with Crippen LogP contribution in [0.15, 0.2) is 40.4 Å². The summed E-state index contributed by atoms with van der Waals surface area (Å²) in [5, 5.41) is 3.67. The van der Waals surface area contributed by atoms with Crippen LogP contribution in [0.2, 0.25) is 0 Å². The lowest BCUT2D eigenvalue weighted by molar-refractivity contribution is -0.113. The van der Waals surface area contributed by atoms with Gasteiger partial charge in [0, 0.05) is 26.7 Å². The lowest BCUT2D eigenvalue weighted by atomic mass is 10.3. The number of hydrogen-bond donors (Lipinski definition) is 1. The Bertz CT molecular complexity index is 689. The number of thioether (sulfide) groups is 1. The molecule has 128 valence electrons. The summed E-state index contributed by atoms with van der Waals surface area (Å²) >= 11 is 3.15. The fourth-order valence-corrected chi connectivity index (χ4v) is 3.43. The lowest BCUT2D eigenvalue weighted by Crippen LogP contribution is -2.18. The number of anilines is 1. The molecule has 0 bridgehead atoms. The average molecular weight is 362 g/mol. The molecule has 1 heterocycles. The van der Waals surface area contributed by atoms with Crippen LogP contribution in [-0.4, -0.2) is 26.4 Å². The number of nitrogens with one attached hydrogen (secondary N) is 1. The van der Waals surface area contributed by atoms with Crippen molar-refractivity contribution in [3.63, 3.8) is 0 Å². The van der Waals surface area contributed by atoms with Gasteiger partial charge in [0.2, 0.25) is 5.91 Å². The topological polar surface area (TPSA) is 54.9 Å². The summed E-state index contributed by atoms with van der Waals surface area (Å²) in [6.45, 7) is 10.2. The van der Waals surface area contributed by atoms with Crippen molar-refractivity contribution in [2.75, 3.05) is 11.1 Å². The third-order valence-electron chi connectivity index (χ3n) is 2.95. The van der Waals surface area contributed by atoms with Crippen molar-refractivity contribution >= 4 is 35.1 Å². The van der Waals surface area contributed by atoms with E-state index in [9.17, 15) is 4.79 Å². The molecule has 1 N–H and O–H groups in total. The van der Waals surface area contributed by atoms with Crippen LogP contribution in [-0.2, 0) is 4.79 Å². The van der Waals surface area contributed by atoms with Crippen molar-refractivity contribution in [1.82, 2.24) is 9.97 Å². The third-order valence-corrected chi connectivity index (χ3v) is 5.09. The molecular weight excluding hydrogens is 338 g/mol. The molecule has 24 heavy (non-hydrogen) atoms. The predicted molar refractivity (Wildman–Crippen MR) is 103 cm³/mol. The zero-order valence-corrected chi connectivity index (χ0v) is 16.3. The Labute approximate surface area is 152 Å². The molecule has 0 aliphatic rings. The molecule has 1 aromatic heterocycles. The molecular formula is C18H23N3OS2. The average Bonchev–Trinajstić information content (AvgIpc) is 2.45. The highest BCUT2D eigenvalue weighted by atomic mass is 32.2. The largest absolute Gasteiger partial charge is 0.325 e. The monoisotopic (exact) mass is 361 g/mol. The van der Waals surface area contributed by atoms with E-state index < -0.39 is 0 Å². The van der Waals surface area contributed by atoms with Crippen molar-refractivity contribution in [2.45, 2.75) is 49.4 Å². The summed E-state index contributed by atoms with van der Waals surface area (Å²) in [5.41, 5.74) is 2.73. The molecule has 0 aliphatic carbocycles. The summed E-state index contributed by atoms with van der Waals surface area (Å²) in [7, 11) is 0. The SMILES string of the molecule is Cc1cc(C)nc(Sc2ccc(NC(=O)CSC(C)(C)C)cc2)n1. The van der Waals surface area contributed by atoms with Crippen LogP contribution in [0.25, 0.3) is 0 Å². The second kappa shape index (κ2) is 8.03. The normalized spacial score (nSPS) is 11.4. The van der Waals surface area contributed by atoms with Gasteiger partial charge in [0.05, 0.1) is 5.75 Å². The van der Waals surface area contributed by atoms with E-state index in [4.69, 9.17) is 0 Å². The van der Waals surface area contributed by atoms with E-state index in [1.165, 1.54) is 11.8 Å². The van der Waals surface area contributed by atoms with Crippen LogP contribution >= 0.6 is 23.5 Å². The number of hydrogen-bond acceptors (Lipinski definition) is 5.